The van der Waals surface area contributed by atoms with Crippen molar-refractivity contribution in [2.24, 2.45) is 4.99 Å². The second-order valence-electron chi connectivity index (χ2n) is 4.97. The fraction of sp³-hybridized carbons (Fsp3) is 0. The molecule has 108 valence electrons. The second kappa shape index (κ2) is 4.60. The molecule has 0 unspecified atom stereocenters. The number of benzene rings is 2. The van der Waals surface area contributed by atoms with E-state index in [0.717, 1.165) is 0 Å². The Labute approximate surface area is 135 Å². The van der Waals surface area contributed by atoms with Gasteiger partial charge in [0.25, 0.3) is 0 Å². The third-order valence-electron chi connectivity index (χ3n) is 3.65. The Morgan fingerprint density at radius 3 is 2.59 bits per heavy atom. The summed E-state index contributed by atoms with van der Waals surface area (Å²) in [5.41, 5.74) is 2.24. The fourth-order valence-electron chi connectivity index (χ4n) is 2.65. The molecule has 1 aliphatic heterocycles. The molecule has 2 heterocycles. The zero-order chi connectivity index (χ0) is 15.4. The molecule has 2 N–H and O–H groups in total. The van der Waals surface area contributed by atoms with Gasteiger partial charge in [-0.15, -0.1) is 0 Å². The van der Waals surface area contributed by atoms with Crippen molar-refractivity contribution in [3.63, 3.8) is 0 Å². The average Bonchev–Trinajstić information content (AvgIpc) is 2.97. The van der Waals surface area contributed by atoms with Crippen LogP contribution in [0.3, 0.4) is 0 Å². The van der Waals surface area contributed by atoms with E-state index in [0.29, 0.717) is 37.8 Å². The molecular weight excluding hydrogens is 323 g/mol. The Bertz CT molecular complexity index is 989. The minimum Gasteiger partial charge on any atom is -0.494 e. The van der Waals surface area contributed by atoms with Crippen LogP contribution >= 0.6 is 23.2 Å². The van der Waals surface area contributed by atoms with Crippen LogP contribution in [0.5, 0.6) is 5.88 Å². The fourth-order valence-corrected chi connectivity index (χ4v) is 2.97. The molecule has 0 atom stereocenters. The van der Waals surface area contributed by atoms with Crippen LogP contribution in [0.15, 0.2) is 41.4 Å². The van der Waals surface area contributed by atoms with E-state index >= 15 is 0 Å². The van der Waals surface area contributed by atoms with E-state index in [-0.39, 0.29) is 17.4 Å². The highest BCUT2D eigenvalue weighted by molar-refractivity contribution is 6.57. The molecule has 1 aromatic heterocycles. The summed E-state index contributed by atoms with van der Waals surface area (Å²) in [5.74, 6) is -0.355. The number of aromatic nitrogens is 1. The van der Waals surface area contributed by atoms with Crippen molar-refractivity contribution in [1.29, 1.82) is 0 Å². The number of carbonyl (C=O) groups is 1. The van der Waals surface area contributed by atoms with Gasteiger partial charge in [0.15, 0.2) is 5.88 Å². The molecular formula is C16H8Cl2N2O2. The number of hydrogen-bond acceptors (Lipinski definition) is 3. The maximum atomic E-state index is 12.5. The predicted octanol–water partition coefficient (Wildman–Crippen LogP) is 4.50. The molecule has 0 radical (unpaired) electrons. The molecule has 0 saturated carbocycles. The summed E-state index contributed by atoms with van der Waals surface area (Å²) >= 11 is 12.0. The number of carbonyl (C=O) groups excluding carboxylic acids is 1. The number of rotatable bonds is 1. The first-order valence-electron chi connectivity index (χ1n) is 6.48. The third kappa shape index (κ3) is 1.78. The molecule has 0 saturated heterocycles. The quantitative estimate of drug-likeness (QED) is 0.690. The molecule has 0 spiro atoms. The number of fused-ring (bicyclic) bond motifs is 2. The zero-order valence-electron chi connectivity index (χ0n) is 11.0. The van der Waals surface area contributed by atoms with Gasteiger partial charge in [-0.05, 0) is 24.3 Å². The number of nitrogens with one attached hydrogen (secondary N) is 1. The monoisotopic (exact) mass is 330 g/mol. The summed E-state index contributed by atoms with van der Waals surface area (Å²) in [6.07, 6.45) is 0. The van der Waals surface area contributed by atoms with Crippen LogP contribution in [0.1, 0.15) is 15.9 Å². The van der Waals surface area contributed by atoms with Crippen molar-refractivity contribution in [3.8, 4) is 5.88 Å². The Hall–Kier alpha value is -2.30. The largest absolute Gasteiger partial charge is 0.494 e. The predicted molar refractivity (Wildman–Crippen MR) is 87.0 cm³/mol. The summed E-state index contributed by atoms with van der Waals surface area (Å²) < 4.78 is 0. The topological polar surface area (TPSA) is 65.4 Å². The number of hydrogen-bond donors (Lipinski definition) is 2. The minimum atomic E-state index is -0.224. The highest BCUT2D eigenvalue weighted by atomic mass is 35.5. The third-order valence-corrected chi connectivity index (χ3v) is 4.37. The van der Waals surface area contributed by atoms with Crippen LogP contribution in [0.4, 0.5) is 5.69 Å². The van der Waals surface area contributed by atoms with Gasteiger partial charge in [0.2, 0.25) is 5.78 Å². The van der Waals surface area contributed by atoms with Crippen LogP contribution in [-0.2, 0) is 0 Å². The Balaban J connectivity index is 1.99. The maximum Gasteiger partial charge on any atom is 0.214 e. The normalized spacial score (nSPS) is 13.5. The first-order valence-corrected chi connectivity index (χ1v) is 7.24. The lowest BCUT2D eigenvalue weighted by atomic mass is 10.0. The average molecular weight is 331 g/mol. The molecule has 0 fully saturated rings. The summed E-state index contributed by atoms with van der Waals surface area (Å²) in [6, 6.07) is 10.3. The van der Waals surface area contributed by atoms with Gasteiger partial charge in [0.1, 0.15) is 5.71 Å². The van der Waals surface area contributed by atoms with Gasteiger partial charge in [-0.1, -0.05) is 35.3 Å². The number of aromatic amines is 1. The lowest BCUT2D eigenvalue weighted by Gasteiger charge is -2.00. The number of para-hydroxylation sites is 1. The molecule has 3 aromatic rings. The zero-order valence-corrected chi connectivity index (χ0v) is 12.5. The number of aromatic hydroxyl groups is 1. The summed E-state index contributed by atoms with van der Waals surface area (Å²) in [5, 5.41) is 11.5. The van der Waals surface area contributed by atoms with Crippen LogP contribution in [0, 0.1) is 0 Å². The molecule has 2 aromatic carbocycles. The summed E-state index contributed by atoms with van der Waals surface area (Å²) in [7, 11) is 0. The lowest BCUT2D eigenvalue weighted by Crippen LogP contribution is -2.10. The van der Waals surface area contributed by atoms with E-state index in [1.54, 1.807) is 30.3 Å². The Morgan fingerprint density at radius 1 is 1.09 bits per heavy atom. The van der Waals surface area contributed by atoms with Gasteiger partial charge in [-0.3, -0.25) is 4.79 Å². The number of H-pyrrole nitrogens is 1. The minimum absolute atomic E-state index is 0.131. The second-order valence-corrected chi connectivity index (χ2v) is 5.78. The Kier molecular flexibility index (Phi) is 2.79. The molecule has 0 aliphatic carbocycles. The molecule has 4 rings (SSSR count). The maximum absolute atomic E-state index is 12.5. The van der Waals surface area contributed by atoms with Crippen molar-refractivity contribution >= 4 is 51.3 Å². The molecule has 4 nitrogen and oxygen atoms in total. The van der Waals surface area contributed by atoms with Crippen LogP contribution in [-0.4, -0.2) is 21.6 Å². The van der Waals surface area contributed by atoms with Gasteiger partial charge in [0, 0.05) is 10.9 Å². The lowest BCUT2D eigenvalue weighted by molar-refractivity contribution is 0.107. The van der Waals surface area contributed by atoms with Crippen LogP contribution in [0.2, 0.25) is 10.0 Å². The number of nitrogens with zero attached hydrogens (tertiary/aromatic N) is 1. The van der Waals surface area contributed by atoms with Gasteiger partial charge in [-0.2, -0.15) is 0 Å². The van der Waals surface area contributed by atoms with Crippen LogP contribution in [0.25, 0.3) is 10.9 Å². The first kappa shape index (κ1) is 13.4. The summed E-state index contributed by atoms with van der Waals surface area (Å²) in [6.45, 7) is 0. The molecule has 22 heavy (non-hydrogen) atoms. The SMILES string of the molecule is O=C1C(c2c(O)[nH]c3cc(Cl)c(Cl)cc23)=Nc2ccccc21. The van der Waals surface area contributed by atoms with Crippen LogP contribution < -0.4 is 0 Å². The molecule has 1 aliphatic rings. The molecule has 0 bridgehead atoms. The van der Waals surface area contributed by atoms with E-state index in [1.807, 2.05) is 6.07 Å². The highest BCUT2D eigenvalue weighted by Gasteiger charge is 2.30. The van der Waals surface area contributed by atoms with Gasteiger partial charge in [0.05, 0.1) is 26.8 Å². The van der Waals surface area contributed by atoms with Crippen molar-refractivity contribution in [1.82, 2.24) is 4.98 Å². The number of Topliss-reactive ketones (excluding diaryl/α,β-unsaturated/α-hetero) is 1. The van der Waals surface area contributed by atoms with Gasteiger partial charge in [-0.25, -0.2) is 4.99 Å². The van der Waals surface area contributed by atoms with Gasteiger partial charge >= 0.3 is 0 Å². The number of ketones is 1. The van der Waals surface area contributed by atoms with E-state index in [4.69, 9.17) is 23.2 Å². The van der Waals surface area contributed by atoms with Crippen molar-refractivity contribution in [2.45, 2.75) is 0 Å². The molecule has 6 heteroatoms. The van der Waals surface area contributed by atoms with Gasteiger partial charge < -0.3 is 10.1 Å². The first-order chi connectivity index (χ1) is 10.6. The highest BCUT2D eigenvalue weighted by Crippen LogP contribution is 2.37. The standard InChI is InChI=1S/C16H8Cl2N2O2/c17-9-5-8-12(6-10(9)18)20-16(22)13(8)14-15(21)7-3-1-2-4-11(7)19-14/h1-6,20,22H. The number of aliphatic imine (C=N–C) groups is 1. The van der Waals surface area contributed by atoms with E-state index < -0.39 is 0 Å². The van der Waals surface area contributed by atoms with E-state index in [1.165, 1.54) is 0 Å². The van der Waals surface area contributed by atoms with Crippen molar-refractivity contribution in [3.05, 3.63) is 57.6 Å². The van der Waals surface area contributed by atoms with Crippen molar-refractivity contribution in [2.75, 3.05) is 0 Å². The van der Waals surface area contributed by atoms with E-state index in [9.17, 15) is 9.90 Å². The number of halogens is 2. The Morgan fingerprint density at radius 2 is 1.82 bits per heavy atom. The molecule has 0 amide bonds. The smallest absolute Gasteiger partial charge is 0.214 e. The van der Waals surface area contributed by atoms with Crippen molar-refractivity contribution < 1.29 is 9.90 Å². The summed E-state index contributed by atoms with van der Waals surface area (Å²) in [4.78, 5) is 19.7. The van der Waals surface area contributed by atoms with E-state index in [2.05, 4.69) is 9.98 Å².